The summed E-state index contributed by atoms with van der Waals surface area (Å²) in [6.45, 7) is 1.43. The number of nitrogen functional groups attached to an aromatic ring is 1. The lowest BCUT2D eigenvalue weighted by Crippen LogP contribution is -2.20. The third-order valence-electron chi connectivity index (χ3n) is 4.39. The standard InChI is InChI=1S/C18H19N3O/c19-15-9-14(12-5-6-12)10-17(18(15)22)21-8-7-20-11-13-3-1-2-4-16(13)21/h1-4,9-12,22H,5-8,19H2. The monoisotopic (exact) mass is 293 g/mol. The largest absolute Gasteiger partial charge is 0.504 e. The number of phenolic OH excluding ortho intramolecular Hbond substituents is 1. The van der Waals surface area contributed by atoms with Crippen molar-refractivity contribution in [2.75, 3.05) is 23.7 Å². The maximum Gasteiger partial charge on any atom is 0.162 e. The molecule has 1 fully saturated rings. The van der Waals surface area contributed by atoms with Gasteiger partial charge >= 0.3 is 0 Å². The topological polar surface area (TPSA) is 61.8 Å². The molecular formula is C18H19N3O. The molecule has 112 valence electrons. The van der Waals surface area contributed by atoms with E-state index in [1.165, 1.54) is 18.4 Å². The third-order valence-corrected chi connectivity index (χ3v) is 4.39. The van der Waals surface area contributed by atoms with Gasteiger partial charge in [0.15, 0.2) is 5.75 Å². The maximum absolute atomic E-state index is 10.5. The van der Waals surface area contributed by atoms with Crippen molar-refractivity contribution < 1.29 is 5.11 Å². The Hall–Kier alpha value is -2.49. The van der Waals surface area contributed by atoms with Crippen LogP contribution in [0, 0.1) is 0 Å². The van der Waals surface area contributed by atoms with Crippen molar-refractivity contribution in [3.63, 3.8) is 0 Å². The molecule has 4 nitrogen and oxygen atoms in total. The highest BCUT2D eigenvalue weighted by Gasteiger charge is 2.27. The Morgan fingerprint density at radius 1 is 1.14 bits per heavy atom. The summed E-state index contributed by atoms with van der Waals surface area (Å²) in [5.41, 5.74) is 10.7. The number of aromatic hydroxyl groups is 1. The first-order valence-electron chi connectivity index (χ1n) is 7.73. The van der Waals surface area contributed by atoms with Crippen LogP contribution in [0.1, 0.15) is 29.9 Å². The molecule has 0 saturated heterocycles. The smallest absolute Gasteiger partial charge is 0.162 e. The number of nitrogens with two attached hydrogens (primary N) is 1. The van der Waals surface area contributed by atoms with Crippen LogP contribution in [-0.2, 0) is 0 Å². The first-order valence-corrected chi connectivity index (χ1v) is 7.73. The molecule has 0 atom stereocenters. The van der Waals surface area contributed by atoms with E-state index < -0.39 is 0 Å². The zero-order valence-electron chi connectivity index (χ0n) is 12.4. The summed E-state index contributed by atoms with van der Waals surface area (Å²) in [7, 11) is 0. The number of aliphatic imine (C=N–C) groups is 1. The highest BCUT2D eigenvalue weighted by molar-refractivity contribution is 5.91. The van der Waals surface area contributed by atoms with Crippen molar-refractivity contribution in [2.24, 2.45) is 4.99 Å². The fourth-order valence-corrected chi connectivity index (χ4v) is 3.06. The molecule has 1 saturated carbocycles. The lowest BCUT2D eigenvalue weighted by atomic mass is 10.1. The van der Waals surface area contributed by atoms with Gasteiger partial charge in [-0.1, -0.05) is 18.2 Å². The van der Waals surface area contributed by atoms with Gasteiger partial charge < -0.3 is 15.7 Å². The van der Waals surface area contributed by atoms with Crippen LogP contribution in [0.4, 0.5) is 17.1 Å². The van der Waals surface area contributed by atoms with Gasteiger partial charge in [0.25, 0.3) is 0 Å². The molecular weight excluding hydrogens is 274 g/mol. The van der Waals surface area contributed by atoms with E-state index in [0.29, 0.717) is 18.2 Å². The number of anilines is 3. The number of phenols is 1. The molecule has 0 radical (unpaired) electrons. The van der Waals surface area contributed by atoms with E-state index >= 15 is 0 Å². The molecule has 4 rings (SSSR count). The van der Waals surface area contributed by atoms with E-state index in [0.717, 1.165) is 23.5 Å². The molecule has 3 N–H and O–H groups in total. The molecule has 1 heterocycles. The number of fused-ring (bicyclic) bond motifs is 1. The van der Waals surface area contributed by atoms with Crippen LogP contribution in [0.5, 0.6) is 5.75 Å². The van der Waals surface area contributed by atoms with Crippen molar-refractivity contribution in [2.45, 2.75) is 18.8 Å². The van der Waals surface area contributed by atoms with Gasteiger partial charge in [-0.2, -0.15) is 0 Å². The molecule has 22 heavy (non-hydrogen) atoms. The summed E-state index contributed by atoms with van der Waals surface area (Å²) in [5.74, 6) is 0.765. The van der Waals surface area contributed by atoms with E-state index in [4.69, 9.17) is 5.73 Å². The second-order valence-electron chi connectivity index (χ2n) is 6.00. The normalized spacial score (nSPS) is 17.2. The Balaban J connectivity index is 1.85. The van der Waals surface area contributed by atoms with Gasteiger partial charge in [-0.25, -0.2) is 0 Å². The molecule has 1 aliphatic carbocycles. The van der Waals surface area contributed by atoms with E-state index in [-0.39, 0.29) is 5.75 Å². The number of para-hydroxylation sites is 1. The first kappa shape index (κ1) is 13.2. The Bertz CT molecular complexity index is 750. The van der Waals surface area contributed by atoms with Crippen LogP contribution in [0.15, 0.2) is 41.4 Å². The molecule has 2 aliphatic rings. The Morgan fingerprint density at radius 3 is 2.77 bits per heavy atom. The van der Waals surface area contributed by atoms with Gasteiger partial charge in [-0.3, -0.25) is 4.99 Å². The second kappa shape index (κ2) is 5.05. The first-order chi connectivity index (χ1) is 10.7. The number of nitrogens with zero attached hydrogens (tertiary/aromatic N) is 2. The van der Waals surface area contributed by atoms with Crippen LogP contribution < -0.4 is 10.6 Å². The fraction of sp³-hybridized carbons (Fsp3) is 0.278. The van der Waals surface area contributed by atoms with Crippen molar-refractivity contribution >= 4 is 23.3 Å². The molecule has 0 amide bonds. The van der Waals surface area contributed by atoms with Gasteiger partial charge in [0.1, 0.15) is 0 Å². The Kier molecular flexibility index (Phi) is 3.03. The highest BCUT2D eigenvalue weighted by Crippen LogP contribution is 2.46. The summed E-state index contributed by atoms with van der Waals surface area (Å²) >= 11 is 0. The predicted molar refractivity (Wildman–Crippen MR) is 90.4 cm³/mol. The molecule has 4 heteroatoms. The lowest BCUT2D eigenvalue weighted by molar-refractivity contribution is 0.478. The molecule has 0 bridgehead atoms. The minimum atomic E-state index is 0.168. The van der Waals surface area contributed by atoms with Crippen LogP contribution >= 0.6 is 0 Å². The zero-order valence-corrected chi connectivity index (χ0v) is 12.4. The summed E-state index contributed by atoms with van der Waals surface area (Å²) in [4.78, 5) is 6.56. The number of benzene rings is 2. The minimum Gasteiger partial charge on any atom is -0.504 e. The van der Waals surface area contributed by atoms with Crippen molar-refractivity contribution in [3.8, 4) is 5.75 Å². The average Bonchev–Trinajstić information content (AvgIpc) is 3.36. The van der Waals surface area contributed by atoms with Crippen LogP contribution in [0.2, 0.25) is 0 Å². The van der Waals surface area contributed by atoms with Gasteiger partial charge in [0, 0.05) is 18.3 Å². The number of benzodiazepines with no additional fused rings is 1. The number of rotatable bonds is 2. The van der Waals surface area contributed by atoms with Gasteiger partial charge in [-0.05, 0) is 42.5 Å². The molecule has 1 aliphatic heterocycles. The summed E-state index contributed by atoms with van der Waals surface area (Å²) in [6, 6.07) is 12.1. The van der Waals surface area contributed by atoms with E-state index in [1.54, 1.807) is 0 Å². The maximum atomic E-state index is 10.5. The van der Waals surface area contributed by atoms with E-state index in [1.807, 2.05) is 30.5 Å². The molecule has 0 aromatic heterocycles. The van der Waals surface area contributed by atoms with E-state index in [9.17, 15) is 5.11 Å². The van der Waals surface area contributed by atoms with Crippen LogP contribution in [0.25, 0.3) is 0 Å². The van der Waals surface area contributed by atoms with E-state index in [2.05, 4.69) is 22.0 Å². The lowest BCUT2D eigenvalue weighted by Gasteiger charge is -2.26. The van der Waals surface area contributed by atoms with Crippen molar-refractivity contribution in [3.05, 3.63) is 47.5 Å². The zero-order chi connectivity index (χ0) is 15.1. The fourth-order valence-electron chi connectivity index (χ4n) is 3.06. The molecule has 0 unspecified atom stereocenters. The van der Waals surface area contributed by atoms with Gasteiger partial charge in [-0.15, -0.1) is 0 Å². The quantitative estimate of drug-likeness (QED) is 0.659. The molecule has 2 aromatic carbocycles. The van der Waals surface area contributed by atoms with Crippen LogP contribution in [0.3, 0.4) is 0 Å². The minimum absolute atomic E-state index is 0.168. The van der Waals surface area contributed by atoms with Gasteiger partial charge in [0.05, 0.1) is 23.6 Å². The number of hydrogen-bond donors (Lipinski definition) is 2. The average molecular weight is 293 g/mol. The predicted octanol–water partition coefficient (Wildman–Crippen LogP) is 3.42. The summed E-state index contributed by atoms with van der Waals surface area (Å²) < 4.78 is 0. The van der Waals surface area contributed by atoms with Crippen molar-refractivity contribution in [1.29, 1.82) is 0 Å². The number of hydrogen-bond acceptors (Lipinski definition) is 4. The summed E-state index contributed by atoms with van der Waals surface area (Å²) in [5, 5.41) is 10.5. The molecule has 0 spiro atoms. The van der Waals surface area contributed by atoms with Gasteiger partial charge in [0.2, 0.25) is 0 Å². The van der Waals surface area contributed by atoms with Crippen LogP contribution in [-0.4, -0.2) is 24.4 Å². The molecule has 2 aromatic rings. The third kappa shape index (κ3) is 2.21. The highest BCUT2D eigenvalue weighted by atomic mass is 16.3. The Labute approximate surface area is 129 Å². The second-order valence-corrected chi connectivity index (χ2v) is 6.00. The van der Waals surface area contributed by atoms with Crippen molar-refractivity contribution in [1.82, 2.24) is 0 Å². The Morgan fingerprint density at radius 2 is 1.95 bits per heavy atom. The SMILES string of the molecule is Nc1cc(C2CC2)cc(N2CCN=Cc3ccccc32)c1O. The summed E-state index contributed by atoms with van der Waals surface area (Å²) in [6.07, 6.45) is 4.33.